The first-order chi connectivity index (χ1) is 25.3. The average Bonchev–Trinajstić information content (AvgIpc) is 3.22. The summed E-state index contributed by atoms with van der Waals surface area (Å²) in [6, 6.07) is 70.3. The zero-order valence-electron chi connectivity index (χ0n) is 27.9. The van der Waals surface area contributed by atoms with E-state index in [1.54, 1.807) is 0 Å². The number of benzene rings is 8. The zero-order chi connectivity index (χ0) is 34.0. The number of rotatable bonds is 7. The van der Waals surface area contributed by atoms with Crippen LogP contribution in [-0.2, 0) is 0 Å². The summed E-state index contributed by atoms with van der Waals surface area (Å²) in [4.78, 5) is 13.1. The summed E-state index contributed by atoms with van der Waals surface area (Å²) in [6.07, 6.45) is 0. The topological polar surface area (TPSA) is 29.0 Å². The molecule has 0 N–H and O–H groups in total. The molecular weight excluding hydrogens is 619 g/mol. The molecule has 0 fully saturated rings. The van der Waals surface area contributed by atoms with Crippen LogP contribution in [0.1, 0.15) is 0 Å². The first kappa shape index (κ1) is 30.2. The van der Waals surface area contributed by atoms with E-state index in [-0.39, 0.29) is 0 Å². The van der Waals surface area contributed by atoms with Gasteiger partial charge in [-0.1, -0.05) is 164 Å². The lowest BCUT2D eigenvalue weighted by Gasteiger charge is -2.28. The molecule has 9 aromatic rings. The molecule has 3 heteroatoms. The van der Waals surface area contributed by atoms with Crippen molar-refractivity contribution in [3.05, 3.63) is 200 Å². The Morgan fingerprint density at radius 1 is 0.353 bits per heavy atom. The van der Waals surface area contributed by atoms with Gasteiger partial charge in [0.1, 0.15) is 0 Å². The molecule has 0 aliphatic rings. The first-order valence-electron chi connectivity index (χ1n) is 17.3. The average molecular weight is 652 g/mol. The third kappa shape index (κ3) is 5.81. The third-order valence-electron chi connectivity index (χ3n) is 9.45. The Hall–Kier alpha value is -6.84. The highest BCUT2D eigenvalue weighted by molar-refractivity contribution is 6.07. The second kappa shape index (κ2) is 13.2. The summed E-state index contributed by atoms with van der Waals surface area (Å²) in [5.74, 6) is 0. The normalized spacial score (nSPS) is 11.1. The number of hydrogen-bond acceptors (Lipinski definition) is 3. The van der Waals surface area contributed by atoms with Gasteiger partial charge in [-0.05, 0) is 58.5 Å². The summed E-state index contributed by atoms with van der Waals surface area (Å²) >= 11 is 0. The van der Waals surface area contributed by atoms with Gasteiger partial charge in [-0.25, -0.2) is 9.97 Å². The van der Waals surface area contributed by atoms with Gasteiger partial charge in [0.15, 0.2) is 0 Å². The van der Waals surface area contributed by atoms with E-state index in [1.165, 1.54) is 11.1 Å². The van der Waals surface area contributed by atoms with Crippen molar-refractivity contribution >= 4 is 38.9 Å². The highest BCUT2D eigenvalue weighted by Gasteiger charge is 2.20. The molecule has 0 aliphatic heterocycles. The number of para-hydroxylation sites is 1. The second-order valence-electron chi connectivity index (χ2n) is 12.6. The van der Waals surface area contributed by atoms with Crippen LogP contribution < -0.4 is 4.90 Å². The maximum absolute atomic E-state index is 5.43. The van der Waals surface area contributed by atoms with Crippen LogP contribution in [0.2, 0.25) is 0 Å². The van der Waals surface area contributed by atoms with Crippen molar-refractivity contribution in [2.75, 3.05) is 4.90 Å². The van der Waals surface area contributed by atoms with Crippen LogP contribution >= 0.6 is 0 Å². The first-order valence-corrected chi connectivity index (χ1v) is 17.3. The Balaban J connectivity index is 1.27. The van der Waals surface area contributed by atoms with E-state index in [0.717, 1.165) is 72.5 Å². The Kier molecular flexibility index (Phi) is 7.84. The molecule has 240 valence electrons. The molecule has 3 nitrogen and oxygen atoms in total. The van der Waals surface area contributed by atoms with E-state index in [1.807, 2.05) is 12.1 Å². The minimum absolute atomic E-state index is 0.863. The van der Waals surface area contributed by atoms with E-state index in [2.05, 4.69) is 193 Å². The molecule has 0 saturated carbocycles. The van der Waals surface area contributed by atoms with Gasteiger partial charge in [-0.15, -0.1) is 0 Å². The largest absolute Gasteiger partial charge is 0.310 e. The molecular formula is C48H33N3. The molecule has 8 aromatic carbocycles. The number of aromatic nitrogens is 2. The molecule has 0 spiro atoms. The van der Waals surface area contributed by atoms with Gasteiger partial charge >= 0.3 is 0 Å². The highest BCUT2D eigenvalue weighted by atomic mass is 15.1. The van der Waals surface area contributed by atoms with Gasteiger partial charge in [0.05, 0.1) is 28.1 Å². The fourth-order valence-corrected chi connectivity index (χ4v) is 6.95. The molecule has 0 unspecified atom stereocenters. The number of anilines is 3. The van der Waals surface area contributed by atoms with E-state index in [4.69, 9.17) is 9.97 Å². The molecule has 51 heavy (non-hydrogen) atoms. The summed E-state index contributed by atoms with van der Waals surface area (Å²) in [7, 11) is 0. The Morgan fingerprint density at radius 2 is 0.843 bits per heavy atom. The lowest BCUT2D eigenvalue weighted by molar-refractivity contribution is 1.28. The maximum Gasteiger partial charge on any atom is 0.0973 e. The van der Waals surface area contributed by atoms with Crippen molar-refractivity contribution in [3.8, 4) is 44.8 Å². The molecule has 0 aliphatic carbocycles. The van der Waals surface area contributed by atoms with Crippen LogP contribution in [0.4, 0.5) is 17.1 Å². The molecule has 0 amide bonds. The van der Waals surface area contributed by atoms with Crippen molar-refractivity contribution in [2.24, 2.45) is 0 Å². The van der Waals surface area contributed by atoms with E-state index in [9.17, 15) is 0 Å². The summed E-state index contributed by atoms with van der Waals surface area (Å²) in [6.45, 7) is 0. The molecule has 0 bridgehead atoms. The van der Waals surface area contributed by atoms with Gasteiger partial charge < -0.3 is 4.90 Å². The standard InChI is InChI=1S/C48H33N3/c1-5-15-34(16-6-1)35-25-29-40(30-26-35)51(45-24-14-13-23-42(45)36-17-7-2-8-18-36)41-31-27-37-28-32-44-48(43(37)33-41)50-47(39-21-11-4-12-22-39)46(49-44)38-19-9-3-10-20-38/h1-33H. The van der Waals surface area contributed by atoms with Crippen molar-refractivity contribution in [3.63, 3.8) is 0 Å². The van der Waals surface area contributed by atoms with E-state index < -0.39 is 0 Å². The maximum atomic E-state index is 5.43. The van der Waals surface area contributed by atoms with Crippen LogP contribution in [0.3, 0.4) is 0 Å². The Bertz CT molecular complexity index is 2600. The van der Waals surface area contributed by atoms with Crippen molar-refractivity contribution in [2.45, 2.75) is 0 Å². The van der Waals surface area contributed by atoms with Crippen molar-refractivity contribution in [1.82, 2.24) is 9.97 Å². The smallest absolute Gasteiger partial charge is 0.0973 e. The Labute approximate surface area is 297 Å². The van der Waals surface area contributed by atoms with E-state index in [0.29, 0.717) is 0 Å². The van der Waals surface area contributed by atoms with Crippen LogP contribution in [0.5, 0.6) is 0 Å². The summed E-state index contributed by atoms with van der Waals surface area (Å²) in [5, 5.41) is 2.17. The van der Waals surface area contributed by atoms with Gasteiger partial charge in [-0.2, -0.15) is 0 Å². The molecule has 0 saturated heterocycles. The fraction of sp³-hybridized carbons (Fsp3) is 0. The lowest BCUT2D eigenvalue weighted by atomic mass is 10.00. The van der Waals surface area contributed by atoms with Crippen LogP contribution in [0.25, 0.3) is 66.6 Å². The monoisotopic (exact) mass is 651 g/mol. The van der Waals surface area contributed by atoms with Gasteiger partial charge in [0, 0.05) is 33.5 Å². The SMILES string of the molecule is c1ccc(-c2ccc(N(c3ccc4ccc5nc(-c6ccccc6)c(-c6ccccc6)nc5c4c3)c3ccccc3-c3ccccc3)cc2)cc1. The predicted molar refractivity (Wildman–Crippen MR) is 213 cm³/mol. The quantitative estimate of drug-likeness (QED) is 0.161. The molecule has 1 heterocycles. The predicted octanol–water partition coefficient (Wildman–Crippen LogP) is 12.9. The molecule has 0 atom stereocenters. The number of nitrogens with zero attached hydrogens (tertiary/aromatic N) is 3. The van der Waals surface area contributed by atoms with Crippen LogP contribution in [0.15, 0.2) is 200 Å². The zero-order valence-corrected chi connectivity index (χ0v) is 27.9. The molecule has 9 rings (SSSR count). The summed E-state index contributed by atoms with van der Waals surface area (Å²) < 4.78 is 0. The van der Waals surface area contributed by atoms with Crippen LogP contribution in [-0.4, -0.2) is 9.97 Å². The third-order valence-corrected chi connectivity index (χ3v) is 9.45. The molecule has 1 aromatic heterocycles. The highest BCUT2D eigenvalue weighted by Crippen LogP contribution is 2.43. The van der Waals surface area contributed by atoms with E-state index >= 15 is 0 Å². The minimum Gasteiger partial charge on any atom is -0.310 e. The summed E-state index contributed by atoms with van der Waals surface area (Å²) in [5.41, 5.74) is 13.5. The number of fused-ring (bicyclic) bond motifs is 3. The fourth-order valence-electron chi connectivity index (χ4n) is 6.95. The van der Waals surface area contributed by atoms with Gasteiger partial charge in [0.2, 0.25) is 0 Å². The van der Waals surface area contributed by atoms with Crippen molar-refractivity contribution < 1.29 is 0 Å². The molecule has 0 radical (unpaired) electrons. The van der Waals surface area contributed by atoms with Crippen LogP contribution in [0, 0.1) is 0 Å². The van der Waals surface area contributed by atoms with Crippen molar-refractivity contribution in [1.29, 1.82) is 0 Å². The second-order valence-corrected chi connectivity index (χ2v) is 12.6. The van der Waals surface area contributed by atoms with Gasteiger partial charge in [-0.3, -0.25) is 0 Å². The Morgan fingerprint density at radius 3 is 1.49 bits per heavy atom. The number of hydrogen-bond donors (Lipinski definition) is 0. The lowest BCUT2D eigenvalue weighted by Crippen LogP contribution is -2.11. The minimum atomic E-state index is 0.863. The van der Waals surface area contributed by atoms with Gasteiger partial charge in [0.25, 0.3) is 0 Å².